The first kappa shape index (κ1) is 9.32. The zero-order chi connectivity index (χ0) is 9.84. The van der Waals surface area contributed by atoms with Crippen LogP contribution in [0.15, 0.2) is 36.0 Å². The van der Waals surface area contributed by atoms with E-state index in [0.29, 0.717) is 5.57 Å². The molecule has 1 aliphatic rings. The molecule has 1 rings (SSSR count). The van der Waals surface area contributed by atoms with Gasteiger partial charge in [0, 0.05) is 0 Å². The van der Waals surface area contributed by atoms with Crippen molar-refractivity contribution in [2.45, 2.75) is 6.92 Å². The zero-order valence-corrected chi connectivity index (χ0v) is 7.11. The van der Waals surface area contributed by atoms with Gasteiger partial charge in [0.1, 0.15) is 0 Å². The van der Waals surface area contributed by atoms with Crippen molar-refractivity contribution in [1.29, 1.82) is 0 Å². The lowest BCUT2D eigenvalue weighted by Gasteiger charge is -1.98. The zero-order valence-electron chi connectivity index (χ0n) is 7.11. The topological polar surface area (TPSA) is 51.2 Å². The maximum atomic E-state index is 10.9. The molecule has 0 spiro atoms. The van der Waals surface area contributed by atoms with Crippen molar-refractivity contribution in [3.8, 4) is 0 Å². The van der Waals surface area contributed by atoms with Crippen molar-refractivity contribution in [1.82, 2.24) is 0 Å². The van der Waals surface area contributed by atoms with E-state index in [1.165, 1.54) is 37.3 Å². The molecule has 3 heteroatoms. The van der Waals surface area contributed by atoms with Crippen molar-refractivity contribution < 1.29 is 14.4 Å². The number of rotatable bonds is 2. The molecule has 0 bridgehead atoms. The Morgan fingerprint density at radius 1 is 1.23 bits per heavy atom. The quantitative estimate of drug-likeness (QED) is 0.354. The Balaban J connectivity index is 2.80. The molecule has 0 radical (unpaired) electrons. The predicted molar refractivity (Wildman–Crippen MR) is 47.1 cm³/mol. The minimum Gasteiger partial charge on any atom is -0.295 e. The fraction of sp³-hybridized carbons (Fsp3) is 0.100. The molecule has 0 N–H and O–H groups in total. The summed E-state index contributed by atoms with van der Waals surface area (Å²) >= 11 is 0. The van der Waals surface area contributed by atoms with Gasteiger partial charge >= 0.3 is 0 Å². The van der Waals surface area contributed by atoms with Crippen LogP contribution in [0.25, 0.3) is 0 Å². The number of hydrogen-bond donors (Lipinski definition) is 0. The van der Waals surface area contributed by atoms with E-state index in [9.17, 15) is 14.4 Å². The molecule has 0 aromatic rings. The van der Waals surface area contributed by atoms with Gasteiger partial charge in [0.25, 0.3) is 0 Å². The van der Waals surface area contributed by atoms with Crippen LogP contribution in [0, 0.1) is 0 Å². The number of ketones is 3. The van der Waals surface area contributed by atoms with Gasteiger partial charge in [0.15, 0.2) is 5.78 Å². The predicted octanol–water partition coefficient (Wildman–Crippen LogP) is 0.766. The Kier molecular flexibility index (Phi) is 2.69. The third-order valence-corrected chi connectivity index (χ3v) is 1.48. The van der Waals surface area contributed by atoms with E-state index in [2.05, 4.69) is 0 Å². The van der Waals surface area contributed by atoms with Gasteiger partial charge in [-0.3, -0.25) is 14.4 Å². The highest BCUT2D eigenvalue weighted by Crippen LogP contribution is 2.05. The van der Waals surface area contributed by atoms with Gasteiger partial charge < -0.3 is 0 Å². The summed E-state index contributed by atoms with van der Waals surface area (Å²) in [5.74, 6) is -1.18. The van der Waals surface area contributed by atoms with Crippen molar-refractivity contribution >= 4 is 17.3 Å². The van der Waals surface area contributed by atoms with Gasteiger partial charge in [0.05, 0.1) is 0 Å². The Labute approximate surface area is 75.4 Å². The van der Waals surface area contributed by atoms with E-state index >= 15 is 0 Å². The second-order valence-corrected chi connectivity index (χ2v) is 2.65. The molecule has 0 aromatic heterocycles. The van der Waals surface area contributed by atoms with E-state index in [-0.39, 0.29) is 5.78 Å². The fourth-order valence-electron chi connectivity index (χ4n) is 0.842. The Morgan fingerprint density at radius 3 is 2.46 bits per heavy atom. The summed E-state index contributed by atoms with van der Waals surface area (Å²) < 4.78 is 0. The molecular weight excluding hydrogens is 168 g/mol. The molecule has 0 saturated heterocycles. The number of carbonyl (C=O) groups excluding carboxylic acids is 3. The van der Waals surface area contributed by atoms with Crippen LogP contribution in [0.3, 0.4) is 0 Å². The van der Waals surface area contributed by atoms with E-state index in [1.807, 2.05) is 0 Å². The lowest BCUT2D eigenvalue weighted by atomic mass is 10.0. The molecule has 0 aliphatic heterocycles. The van der Waals surface area contributed by atoms with Crippen LogP contribution in [-0.4, -0.2) is 17.3 Å². The van der Waals surface area contributed by atoms with E-state index < -0.39 is 11.6 Å². The molecule has 1 aliphatic carbocycles. The van der Waals surface area contributed by atoms with Crippen LogP contribution in [0.5, 0.6) is 0 Å². The average Bonchev–Trinajstić information content (AvgIpc) is 2.07. The maximum Gasteiger partial charge on any atom is 0.226 e. The molecule has 0 saturated carbocycles. The summed E-state index contributed by atoms with van der Waals surface area (Å²) in [7, 11) is 0. The summed E-state index contributed by atoms with van der Waals surface area (Å²) in [6.07, 6.45) is 6.76. The average molecular weight is 176 g/mol. The highest BCUT2D eigenvalue weighted by molar-refractivity contribution is 6.46. The van der Waals surface area contributed by atoms with Gasteiger partial charge in [-0.05, 0) is 30.7 Å². The molecule has 0 fully saturated rings. The third-order valence-electron chi connectivity index (χ3n) is 1.48. The Bertz CT molecular complexity index is 356. The largest absolute Gasteiger partial charge is 0.295 e. The lowest BCUT2D eigenvalue weighted by Crippen LogP contribution is -2.11. The van der Waals surface area contributed by atoms with Crippen molar-refractivity contribution in [3.05, 3.63) is 36.0 Å². The minimum atomic E-state index is -0.550. The molecule has 0 aromatic carbocycles. The van der Waals surface area contributed by atoms with Crippen LogP contribution in [0.1, 0.15) is 6.92 Å². The molecule has 0 heterocycles. The molecular formula is C10H8O3. The van der Waals surface area contributed by atoms with Crippen LogP contribution in [0.4, 0.5) is 0 Å². The van der Waals surface area contributed by atoms with Crippen LogP contribution in [0.2, 0.25) is 0 Å². The second kappa shape index (κ2) is 3.76. The number of hydrogen-bond acceptors (Lipinski definition) is 3. The smallest absolute Gasteiger partial charge is 0.226 e. The molecule has 0 unspecified atom stereocenters. The van der Waals surface area contributed by atoms with Crippen LogP contribution >= 0.6 is 0 Å². The SMILES string of the molecule is CC(=O)C=CC1=CC(=O)C(=O)C=C1. The van der Waals surface area contributed by atoms with Gasteiger partial charge in [0.2, 0.25) is 11.6 Å². The minimum absolute atomic E-state index is 0.0985. The molecule has 0 amide bonds. The molecule has 66 valence electrons. The Morgan fingerprint density at radius 2 is 1.92 bits per heavy atom. The molecule has 3 nitrogen and oxygen atoms in total. The monoisotopic (exact) mass is 176 g/mol. The van der Waals surface area contributed by atoms with Crippen molar-refractivity contribution in [2.24, 2.45) is 0 Å². The second-order valence-electron chi connectivity index (χ2n) is 2.65. The third kappa shape index (κ3) is 2.63. The summed E-state index contributed by atoms with van der Waals surface area (Å²) in [6, 6.07) is 0. The van der Waals surface area contributed by atoms with Gasteiger partial charge in [-0.15, -0.1) is 0 Å². The van der Waals surface area contributed by atoms with Crippen LogP contribution in [-0.2, 0) is 14.4 Å². The fourth-order valence-corrected chi connectivity index (χ4v) is 0.842. The summed E-state index contributed by atoms with van der Waals surface area (Å²) in [6.45, 7) is 1.41. The summed E-state index contributed by atoms with van der Waals surface area (Å²) in [5, 5.41) is 0. The highest BCUT2D eigenvalue weighted by atomic mass is 16.2. The van der Waals surface area contributed by atoms with Crippen LogP contribution < -0.4 is 0 Å². The Hall–Kier alpha value is -1.77. The normalized spacial score (nSPS) is 16.5. The van der Waals surface area contributed by atoms with E-state index in [4.69, 9.17) is 0 Å². The number of allylic oxidation sites excluding steroid dienone is 6. The number of carbonyl (C=O) groups is 3. The van der Waals surface area contributed by atoms with Gasteiger partial charge in [-0.1, -0.05) is 12.2 Å². The summed E-state index contributed by atoms with van der Waals surface area (Å²) in [4.78, 5) is 32.1. The maximum absolute atomic E-state index is 10.9. The summed E-state index contributed by atoms with van der Waals surface area (Å²) in [5.41, 5.74) is 0.569. The van der Waals surface area contributed by atoms with E-state index in [1.54, 1.807) is 0 Å². The van der Waals surface area contributed by atoms with Gasteiger partial charge in [-0.2, -0.15) is 0 Å². The van der Waals surface area contributed by atoms with Crippen molar-refractivity contribution in [2.75, 3.05) is 0 Å². The first-order chi connectivity index (χ1) is 6.09. The molecule has 13 heavy (non-hydrogen) atoms. The molecule has 0 atom stereocenters. The van der Waals surface area contributed by atoms with Crippen molar-refractivity contribution in [3.63, 3.8) is 0 Å². The first-order valence-corrected chi connectivity index (χ1v) is 3.76. The highest BCUT2D eigenvalue weighted by Gasteiger charge is 2.11. The first-order valence-electron chi connectivity index (χ1n) is 3.76. The van der Waals surface area contributed by atoms with E-state index in [0.717, 1.165) is 0 Å². The standard InChI is InChI=1S/C10H8O3/c1-7(11)2-3-8-4-5-9(12)10(13)6-8/h2-6H,1H3. The van der Waals surface area contributed by atoms with Gasteiger partial charge in [-0.25, -0.2) is 0 Å². The lowest BCUT2D eigenvalue weighted by molar-refractivity contribution is -0.131.